The number of benzene rings is 2. The topological polar surface area (TPSA) is 47.9 Å². The lowest BCUT2D eigenvalue weighted by Gasteiger charge is -2.17. The summed E-state index contributed by atoms with van der Waals surface area (Å²) in [4.78, 5) is 0. The third kappa shape index (κ3) is 2.68. The average molecular weight is 326 g/mol. The zero-order chi connectivity index (χ0) is 17.3. The number of ether oxygens (including phenoxy) is 3. The molecular formula is C20H22O4. The van der Waals surface area contributed by atoms with Crippen LogP contribution in [0.1, 0.15) is 42.6 Å². The fourth-order valence-electron chi connectivity index (χ4n) is 3.17. The maximum Gasteiger partial charge on any atom is 0.165 e. The van der Waals surface area contributed by atoms with Crippen molar-refractivity contribution in [1.82, 2.24) is 0 Å². The van der Waals surface area contributed by atoms with Crippen molar-refractivity contribution >= 4 is 6.08 Å². The van der Waals surface area contributed by atoms with E-state index >= 15 is 0 Å². The van der Waals surface area contributed by atoms with Crippen molar-refractivity contribution in [2.24, 2.45) is 0 Å². The van der Waals surface area contributed by atoms with Gasteiger partial charge in [0, 0.05) is 11.5 Å². The molecule has 1 unspecified atom stereocenters. The zero-order valence-corrected chi connectivity index (χ0v) is 14.4. The van der Waals surface area contributed by atoms with E-state index in [1.54, 1.807) is 20.3 Å². The van der Waals surface area contributed by atoms with Gasteiger partial charge in [-0.25, -0.2) is 0 Å². The van der Waals surface area contributed by atoms with Gasteiger partial charge in [-0.05, 0) is 42.3 Å². The fourth-order valence-corrected chi connectivity index (χ4v) is 3.17. The first-order valence-corrected chi connectivity index (χ1v) is 7.97. The lowest BCUT2D eigenvalue weighted by Crippen LogP contribution is -2.07. The van der Waals surface area contributed by atoms with Crippen LogP contribution in [-0.2, 0) is 0 Å². The molecule has 0 radical (unpaired) electrons. The summed E-state index contributed by atoms with van der Waals surface area (Å²) in [5.74, 6) is 2.25. The minimum Gasteiger partial charge on any atom is -0.504 e. The Morgan fingerprint density at radius 3 is 2.50 bits per heavy atom. The molecule has 4 heteroatoms. The summed E-state index contributed by atoms with van der Waals surface area (Å²) in [6.07, 6.45) is 3.90. The highest BCUT2D eigenvalue weighted by atomic mass is 16.5. The minimum atomic E-state index is -0.149. The van der Waals surface area contributed by atoms with Gasteiger partial charge in [-0.1, -0.05) is 25.1 Å². The Morgan fingerprint density at radius 1 is 1.08 bits per heavy atom. The van der Waals surface area contributed by atoms with Crippen LogP contribution in [0.25, 0.3) is 6.08 Å². The molecule has 3 rings (SSSR count). The molecule has 0 aromatic heterocycles. The Hall–Kier alpha value is -2.62. The SMILES string of the molecule is C/C=C/c1cc(OC)c2c(c1)C(C)[C@H](c1ccc(O)c(OC)c1)O2. The van der Waals surface area contributed by atoms with E-state index in [0.717, 1.165) is 28.2 Å². The Morgan fingerprint density at radius 2 is 1.83 bits per heavy atom. The van der Waals surface area contributed by atoms with E-state index in [1.807, 2.05) is 37.3 Å². The first-order chi connectivity index (χ1) is 11.6. The molecule has 0 amide bonds. The molecule has 0 bridgehead atoms. The summed E-state index contributed by atoms with van der Waals surface area (Å²) < 4.78 is 16.9. The number of allylic oxidation sites excluding steroid dienone is 1. The second-order valence-corrected chi connectivity index (χ2v) is 5.90. The lowest BCUT2D eigenvalue weighted by molar-refractivity contribution is 0.207. The number of fused-ring (bicyclic) bond motifs is 1. The van der Waals surface area contributed by atoms with Crippen LogP contribution in [0.2, 0.25) is 0 Å². The first-order valence-electron chi connectivity index (χ1n) is 7.97. The minimum absolute atomic E-state index is 0.123. The van der Waals surface area contributed by atoms with E-state index < -0.39 is 0 Å². The van der Waals surface area contributed by atoms with Gasteiger partial charge in [-0.2, -0.15) is 0 Å². The predicted molar refractivity (Wildman–Crippen MR) is 94.1 cm³/mol. The van der Waals surface area contributed by atoms with Gasteiger partial charge in [0.05, 0.1) is 14.2 Å². The lowest BCUT2D eigenvalue weighted by atomic mass is 9.91. The van der Waals surface area contributed by atoms with Crippen molar-refractivity contribution < 1.29 is 19.3 Å². The van der Waals surface area contributed by atoms with E-state index in [0.29, 0.717) is 5.75 Å². The van der Waals surface area contributed by atoms with E-state index in [1.165, 1.54) is 0 Å². The van der Waals surface area contributed by atoms with Gasteiger partial charge in [0.15, 0.2) is 23.0 Å². The largest absolute Gasteiger partial charge is 0.504 e. The number of phenols is 1. The number of phenolic OH excluding ortho intramolecular Hbond substituents is 1. The van der Waals surface area contributed by atoms with E-state index in [2.05, 4.69) is 13.0 Å². The third-order valence-electron chi connectivity index (χ3n) is 4.41. The molecular weight excluding hydrogens is 304 g/mol. The van der Waals surface area contributed by atoms with Crippen LogP contribution in [0, 0.1) is 0 Å². The molecule has 4 nitrogen and oxygen atoms in total. The first kappa shape index (κ1) is 16.2. The average Bonchev–Trinajstić information content (AvgIpc) is 2.92. The summed E-state index contributed by atoms with van der Waals surface area (Å²) in [5, 5.41) is 9.80. The number of methoxy groups -OCH3 is 2. The number of hydrogen-bond acceptors (Lipinski definition) is 4. The molecule has 1 aliphatic rings. The normalized spacial score (nSPS) is 19.2. The molecule has 126 valence electrons. The summed E-state index contributed by atoms with van der Waals surface area (Å²) in [6, 6.07) is 9.44. The molecule has 0 fully saturated rings. The monoisotopic (exact) mass is 326 g/mol. The summed E-state index contributed by atoms with van der Waals surface area (Å²) in [5.41, 5.74) is 3.18. The van der Waals surface area contributed by atoms with E-state index in [4.69, 9.17) is 14.2 Å². The number of rotatable bonds is 4. The zero-order valence-electron chi connectivity index (χ0n) is 14.4. The van der Waals surface area contributed by atoms with Crippen LogP contribution >= 0.6 is 0 Å². The van der Waals surface area contributed by atoms with Gasteiger partial charge >= 0.3 is 0 Å². The summed E-state index contributed by atoms with van der Waals surface area (Å²) >= 11 is 0. The van der Waals surface area contributed by atoms with Crippen LogP contribution in [0.5, 0.6) is 23.0 Å². The van der Waals surface area contributed by atoms with Gasteiger partial charge in [0.1, 0.15) is 6.10 Å². The Labute approximate surface area is 142 Å². The summed E-state index contributed by atoms with van der Waals surface area (Å²) in [7, 11) is 3.19. The summed E-state index contributed by atoms with van der Waals surface area (Å²) in [6.45, 7) is 4.12. The van der Waals surface area contributed by atoms with Crippen molar-refractivity contribution in [2.45, 2.75) is 25.9 Å². The number of hydrogen-bond donors (Lipinski definition) is 1. The van der Waals surface area contributed by atoms with Crippen LogP contribution < -0.4 is 14.2 Å². The molecule has 1 heterocycles. The molecule has 1 N–H and O–H groups in total. The van der Waals surface area contributed by atoms with Crippen molar-refractivity contribution in [2.75, 3.05) is 14.2 Å². The van der Waals surface area contributed by atoms with Gasteiger partial charge < -0.3 is 19.3 Å². The smallest absolute Gasteiger partial charge is 0.165 e. The van der Waals surface area contributed by atoms with Crippen LogP contribution in [-0.4, -0.2) is 19.3 Å². The molecule has 24 heavy (non-hydrogen) atoms. The number of aromatic hydroxyl groups is 1. The molecule has 2 aromatic carbocycles. The van der Waals surface area contributed by atoms with Gasteiger partial charge in [-0.3, -0.25) is 0 Å². The van der Waals surface area contributed by atoms with Gasteiger partial charge in [0.25, 0.3) is 0 Å². The molecule has 0 saturated carbocycles. The second-order valence-electron chi connectivity index (χ2n) is 5.90. The van der Waals surface area contributed by atoms with Crippen LogP contribution in [0.4, 0.5) is 0 Å². The third-order valence-corrected chi connectivity index (χ3v) is 4.41. The highest BCUT2D eigenvalue weighted by molar-refractivity contribution is 5.62. The second kappa shape index (κ2) is 6.48. The van der Waals surface area contributed by atoms with Crippen molar-refractivity contribution in [3.63, 3.8) is 0 Å². The fraction of sp³-hybridized carbons (Fsp3) is 0.300. The van der Waals surface area contributed by atoms with Gasteiger partial charge in [-0.15, -0.1) is 0 Å². The molecule has 0 aliphatic carbocycles. The van der Waals surface area contributed by atoms with Crippen molar-refractivity contribution in [1.29, 1.82) is 0 Å². The Balaban J connectivity index is 2.03. The maximum absolute atomic E-state index is 9.80. The van der Waals surface area contributed by atoms with E-state index in [9.17, 15) is 5.11 Å². The standard InChI is InChI=1S/C20H22O4/c1-5-6-13-9-15-12(2)19(24-20(15)18(10-13)23-4)14-7-8-16(21)17(11-14)22-3/h5-12,19,21H,1-4H3/b6-5+/t12?,19-/m1/s1. The predicted octanol–water partition coefficient (Wildman–Crippen LogP) is 4.68. The molecule has 2 atom stereocenters. The molecule has 0 spiro atoms. The van der Waals surface area contributed by atoms with Crippen molar-refractivity contribution in [3.8, 4) is 23.0 Å². The van der Waals surface area contributed by atoms with Gasteiger partial charge in [0.2, 0.25) is 0 Å². The van der Waals surface area contributed by atoms with Crippen LogP contribution in [0.3, 0.4) is 0 Å². The molecule has 1 aliphatic heterocycles. The Bertz CT molecular complexity index is 779. The highest BCUT2D eigenvalue weighted by Gasteiger charge is 2.35. The van der Waals surface area contributed by atoms with Crippen molar-refractivity contribution in [3.05, 3.63) is 53.1 Å². The maximum atomic E-state index is 9.80. The molecule has 2 aromatic rings. The quantitative estimate of drug-likeness (QED) is 0.886. The Kier molecular flexibility index (Phi) is 4.38. The highest BCUT2D eigenvalue weighted by Crippen LogP contribution is 2.51. The molecule has 0 saturated heterocycles. The van der Waals surface area contributed by atoms with E-state index in [-0.39, 0.29) is 17.8 Å². The van der Waals surface area contributed by atoms with Crippen LogP contribution in [0.15, 0.2) is 36.4 Å².